The summed E-state index contributed by atoms with van der Waals surface area (Å²) in [6.45, 7) is 1.52. The highest BCUT2D eigenvalue weighted by molar-refractivity contribution is 5.95. The smallest absolute Gasteiger partial charge is 0.254 e. The number of benzene rings is 1. The number of carbonyl (C=O) groups excluding carboxylic acids is 2. The molecular formula is C19H24N4O4. The molecular weight excluding hydrogens is 348 g/mol. The molecule has 3 rings (SSSR count). The maximum Gasteiger partial charge on any atom is 0.254 e. The minimum absolute atomic E-state index is 0.0137. The molecule has 0 spiro atoms. The Balaban J connectivity index is 1.55. The van der Waals surface area contributed by atoms with Crippen LogP contribution in [0.1, 0.15) is 28.9 Å². The first-order chi connectivity index (χ1) is 13.1. The van der Waals surface area contributed by atoms with Gasteiger partial charge < -0.3 is 19.7 Å². The van der Waals surface area contributed by atoms with Crippen LogP contribution in [0.25, 0.3) is 0 Å². The van der Waals surface area contributed by atoms with Crippen LogP contribution < -0.4 is 14.8 Å². The van der Waals surface area contributed by atoms with Crippen molar-refractivity contribution in [3.63, 3.8) is 0 Å². The zero-order chi connectivity index (χ0) is 19.2. The van der Waals surface area contributed by atoms with E-state index in [2.05, 4.69) is 15.5 Å². The summed E-state index contributed by atoms with van der Waals surface area (Å²) in [6.07, 6.45) is 2.93. The minimum Gasteiger partial charge on any atom is -0.497 e. The van der Waals surface area contributed by atoms with Crippen molar-refractivity contribution in [2.75, 3.05) is 27.3 Å². The third-order valence-electron chi connectivity index (χ3n) is 4.76. The van der Waals surface area contributed by atoms with E-state index in [0.717, 1.165) is 5.69 Å². The number of nitrogens with one attached hydrogen (secondary N) is 2. The van der Waals surface area contributed by atoms with Gasteiger partial charge in [0.15, 0.2) is 0 Å². The average Bonchev–Trinajstić information content (AvgIpc) is 3.24. The zero-order valence-electron chi connectivity index (χ0n) is 15.5. The number of carbonyl (C=O) groups is 2. The van der Waals surface area contributed by atoms with Crippen LogP contribution in [0, 0.1) is 5.92 Å². The number of piperidine rings is 1. The minimum atomic E-state index is -0.0863. The van der Waals surface area contributed by atoms with E-state index in [0.29, 0.717) is 49.5 Å². The lowest BCUT2D eigenvalue weighted by Gasteiger charge is -2.31. The predicted octanol–water partition coefficient (Wildman–Crippen LogP) is 1.60. The van der Waals surface area contributed by atoms with Gasteiger partial charge in [0.25, 0.3) is 5.91 Å². The Morgan fingerprint density at radius 1 is 1.19 bits per heavy atom. The van der Waals surface area contributed by atoms with Crippen molar-refractivity contribution < 1.29 is 19.1 Å². The van der Waals surface area contributed by atoms with Crippen molar-refractivity contribution in [2.45, 2.75) is 19.4 Å². The van der Waals surface area contributed by atoms with Gasteiger partial charge in [-0.15, -0.1) is 0 Å². The molecule has 27 heavy (non-hydrogen) atoms. The van der Waals surface area contributed by atoms with Gasteiger partial charge in [0.2, 0.25) is 5.91 Å². The normalized spacial score (nSPS) is 14.7. The fourth-order valence-electron chi connectivity index (χ4n) is 3.17. The third kappa shape index (κ3) is 4.58. The molecule has 1 fully saturated rings. The molecule has 8 nitrogen and oxygen atoms in total. The first kappa shape index (κ1) is 18.8. The monoisotopic (exact) mass is 372 g/mol. The number of amides is 2. The number of likely N-dealkylation sites (tertiary alicyclic amines) is 1. The Morgan fingerprint density at radius 3 is 2.41 bits per heavy atom. The second-order valence-corrected chi connectivity index (χ2v) is 6.47. The van der Waals surface area contributed by atoms with Gasteiger partial charge in [0.05, 0.1) is 26.5 Å². The fourth-order valence-corrected chi connectivity index (χ4v) is 3.17. The van der Waals surface area contributed by atoms with Crippen LogP contribution in [-0.2, 0) is 11.3 Å². The Labute approximate surface area is 157 Å². The summed E-state index contributed by atoms with van der Waals surface area (Å²) in [5.41, 5.74) is 1.39. The standard InChI is InChI=1S/C19H24N4O4/c1-26-16-9-14(10-17(11-16)27-2)19(25)23-7-4-13(5-8-23)18(24)20-12-15-3-6-21-22-15/h3,6,9-11,13H,4-5,7-8,12H2,1-2H3,(H,20,24)(H,21,22). The predicted molar refractivity (Wildman–Crippen MR) is 98.6 cm³/mol. The van der Waals surface area contributed by atoms with Gasteiger partial charge in [0, 0.05) is 36.8 Å². The molecule has 1 aromatic carbocycles. The number of ether oxygens (including phenoxy) is 2. The summed E-state index contributed by atoms with van der Waals surface area (Å²) in [7, 11) is 3.10. The van der Waals surface area contributed by atoms with E-state index in [1.165, 1.54) is 0 Å². The molecule has 2 aromatic rings. The molecule has 2 N–H and O–H groups in total. The summed E-state index contributed by atoms with van der Waals surface area (Å²) >= 11 is 0. The topological polar surface area (TPSA) is 96.6 Å². The van der Waals surface area contributed by atoms with Crippen LogP contribution in [0.15, 0.2) is 30.5 Å². The number of methoxy groups -OCH3 is 2. The van der Waals surface area contributed by atoms with E-state index in [9.17, 15) is 9.59 Å². The molecule has 0 atom stereocenters. The lowest BCUT2D eigenvalue weighted by atomic mass is 9.95. The van der Waals surface area contributed by atoms with E-state index in [4.69, 9.17) is 9.47 Å². The quantitative estimate of drug-likeness (QED) is 0.803. The van der Waals surface area contributed by atoms with Crippen molar-refractivity contribution in [2.24, 2.45) is 5.92 Å². The van der Waals surface area contributed by atoms with E-state index in [1.54, 1.807) is 43.5 Å². The van der Waals surface area contributed by atoms with Gasteiger partial charge in [-0.3, -0.25) is 14.7 Å². The van der Waals surface area contributed by atoms with Crippen molar-refractivity contribution >= 4 is 11.8 Å². The molecule has 1 aliphatic rings. The maximum atomic E-state index is 12.8. The lowest BCUT2D eigenvalue weighted by molar-refractivity contribution is -0.126. The molecule has 0 unspecified atom stereocenters. The van der Waals surface area contributed by atoms with E-state index >= 15 is 0 Å². The van der Waals surface area contributed by atoms with Gasteiger partial charge >= 0.3 is 0 Å². The van der Waals surface area contributed by atoms with Crippen LogP contribution in [0.4, 0.5) is 0 Å². The van der Waals surface area contributed by atoms with Gasteiger partial charge in [-0.1, -0.05) is 0 Å². The largest absolute Gasteiger partial charge is 0.497 e. The highest BCUT2D eigenvalue weighted by Crippen LogP contribution is 2.25. The van der Waals surface area contributed by atoms with Crippen molar-refractivity contribution in [3.8, 4) is 11.5 Å². The fraction of sp³-hybridized carbons (Fsp3) is 0.421. The number of hydrogen-bond acceptors (Lipinski definition) is 5. The summed E-state index contributed by atoms with van der Waals surface area (Å²) in [6, 6.07) is 6.96. The maximum absolute atomic E-state index is 12.8. The van der Waals surface area contributed by atoms with Crippen molar-refractivity contribution in [1.82, 2.24) is 20.4 Å². The Bertz CT molecular complexity index is 761. The van der Waals surface area contributed by atoms with Gasteiger partial charge in [-0.25, -0.2) is 0 Å². The zero-order valence-corrected chi connectivity index (χ0v) is 15.5. The number of aromatic amines is 1. The van der Waals surface area contributed by atoms with Crippen LogP contribution in [0.5, 0.6) is 11.5 Å². The van der Waals surface area contributed by atoms with Crippen molar-refractivity contribution in [3.05, 3.63) is 41.7 Å². The lowest BCUT2D eigenvalue weighted by Crippen LogP contribution is -2.43. The third-order valence-corrected chi connectivity index (χ3v) is 4.76. The average molecular weight is 372 g/mol. The highest BCUT2D eigenvalue weighted by atomic mass is 16.5. The Kier molecular flexibility index (Phi) is 5.95. The molecule has 2 heterocycles. The summed E-state index contributed by atoms with van der Waals surface area (Å²) in [4.78, 5) is 26.9. The molecule has 1 saturated heterocycles. The Hall–Kier alpha value is -3.03. The molecule has 0 saturated carbocycles. The molecule has 2 amide bonds. The molecule has 1 aromatic heterocycles. The summed E-state index contributed by atoms with van der Waals surface area (Å²) in [5.74, 6) is 0.997. The second kappa shape index (κ2) is 8.57. The number of aromatic nitrogens is 2. The number of hydrogen-bond donors (Lipinski definition) is 2. The molecule has 1 aliphatic heterocycles. The molecule has 0 bridgehead atoms. The first-order valence-corrected chi connectivity index (χ1v) is 8.89. The summed E-state index contributed by atoms with van der Waals surface area (Å²) < 4.78 is 10.5. The van der Waals surface area contributed by atoms with Crippen LogP contribution in [0.2, 0.25) is 0 Å². The SMILES string of the molecule is COc1cc(OC)cc(C(=O)N2CCC(C(=O)NCc3ccn[nH]3)CC2)c1. The first-order valence-electron chi connectivity index (χ1n) is 8.89. The highest BCUT2D eigenvalue weighted by Gasteiger charge is 2.28. The second-order valence-electron chi connectivity index (χ2n) is 6.47. The number of rotatable bonds is 6. The number of nitrogens with zero attached hydrogens (tertiary/aromatic N) is 2. The van der Waals surface area contributed by atoms with Crippen LogP contribution in [0.3, 0.4) is 0 Å². The molecule has 0 radical (unpaired) electrons. The number of H-pyrrole nitrogens is 1. The molecule has 0 aliphatic carbocycles. The van der Waals surface area contributed by atoms with E-state index in [-0.39, 0.29) is 17.7 Å². The Morgan fingerprint density at radius 2 is 1.85 bits per heavy atom. The van der Waals surface area contributed by atoms with Crippen LogP contribution in [-0.4, -0.2) is 54.2 Å². The molecule has 144 valence electrons. The van der Waals surface area contributed by atoms with Gasteiger partial charge in [-0.2, -0.15) is 5.10 Å². The molecule has 8 heteroatoms. The van der Waals surface area contributed by atoms with E-state index < -0.39 is 0 Å². The van der Waals surface area contributed by atoms with Gasteiger partial charge in [-0.05, 0) is 31.0 Å². The van der Waals surface area contributed by atoms with E-state index in [1.807, 2.05) is 6.07 Å². The summed E-state index contributed by atoms with van der Waals surface area (Å²) in [5, 5.41) is 9.59. The van der Waals surface area contributed by atoms with Crippen molar-refractivity contribution in [1.29, 1.82) is 0 Å². The van der Waals surface area contributed by atoms with Crippen LogP contribution >= 0.6 is 0 Å². The van der Waals surface area contributed by atoms with Gasteiger partial charge in [0.1, 0.15) is 11.5 Å².